The van der Waals surface area contributed by atoms with Crippen LogP contribution in [-0.2, 0) is 9.53 Å². The maximum absolute atomic E-state index is 12.3. The molecule has 0 radical (unpaired) electrons. The van der Waals surface area contributed by atoms with Crippen molar-refractivity contribution in [3.05, 3.63) is 18.2 Å². The van der Waals surface area contributed by atoms with Gasteiger partial charge in [0.2, 0.25) is 5.91 Å². The number of hydrogen-bond acceptors (Lipinski definition) is 5. The highest BCUT2D eigenvalue weighted by Gasteiger charge is 2.23. The number of carbonyl (C=O) groups excluding carboxylic acids is 1. The molecule has 2 aliphatic heterocycles. The number of nitrogens with zero attached hydrogens (tertiary/aromatic N) is 1. The second-order valence-electron chi connectivity index (χ2n) is 7.23. The molecule has 26 heavy (non-hydrogen) atoms. The lowest BCUT2D eigenvalue weighted by Crippen LogP contribution is -2.42. The van der Waals surface area contributed by atoms with Crippen LogP contribution in [0, 0.1) is 5.92 Å². The molecular weight excluding hydrogens is 332 g/mol. The van der Waals surface area contributed by atoms with Crippen molar-refractivity contribution in [2.24, 2.45) is 5.92 Å². The van der Waals surface area contributed by atoms with E-state index < -0.39 is 0 Å². The summed E-state index contributed by atoms with van der Waals surface area (Å²) < 4.78 is 16.3. The van der Waals surface area contributed by atoms with E-state index in [0.29, 0.717) is 37.3 Å². The molecule has 0 spiro atoms. The molecule has 6 nitrogen and oxygen atoms in total. The Balaban J connectivity index is 1.39. The average Bonchev–Trinajstić information content (AvgIpc) is 2.67. The molecule has 1 amide bonds. The first-order chi connectivity index (χ1) is 12.7. The van der Waals surface area contributed by atoms with Gasteiger partial charge in [0, 0.05) is 31.3 Å². The molecule has 1 N–H and O–H groups in total. The monoisotopic (exact) mass is 362 g/mol. The van der Waals surface area contributed by atoms with Gasteiger partial charge in [-0.3, -0.25) is 9.69 Å². The van der Waals surface area contributed by atoms with Crippen LogP contribution in [0.25, 0.3) is 0 Å². The summed E-state index contributed by atoms with van der Waals surface area (Å²) in [5.41, 5.74) is 0.766. The van der Waals surface area contributed by atoms with E-state index in [0.717, 1.165) is 50.4 Å². The maximum atomic E-state index is 12.3. The minimum absolute atomic E-state index is 0.0665. The van der Waals surface area contributed by atoms with Crippen LogP contribution >= 0.6 is 0 Å². The zero-order valence-corrected chi connectivity index (χ0v) is 15.8. The fourth-order valence-corrected chi connectivity index (χ4v) is 3.71. The Morgan fingerprint density at radius 1 is 1.27 bits per heavy atom. The Morgan fingerprint density at radius 3 is 2.73 bits per heavy atom. The molecule has 0 saturated carbocycles. The summed E-state index contributed by atoms with van der Waals surface area (Å²) in [6, 6.07) is 6.02. The minimum Gasteiger partial charge on any atom is -0.486 e. The van der Waals surface area contributed by atoms with Crippen molar-refractivity contribution in [3.63, 3.8) is 0 Å². The molecule has 1 saturated heterocycles. The van der Waals surface area contributed by atoms with Gasteiger partial charge in [-0.15, -0.1) is 0 Å². The van der Waals surface area contributed by atoms with Gasteiger partial charge in [-0.2, -0.15) is 0 Å². The summed E-state index contributed by atoms with van der Waals surface area (Å²) in [5.74, 6) is 2.14. The lowest BCUT2D eigenvalue weighted by atomic mass is 9.91. The molecule has 1 aromatic rings. The van der Waals surface area contributed by atoms with Crippen LogP contribution in [0.1, 0.15) is 32.6 Å². The van der Waals surface area contributed by atoms with Crippen LogP contribution in [0.4, 0.5) is 5.69 Å². The van der Waals surface area contributed by atoms with Crippen molar-refractivity contribution in [2.75, 3.05) is 45.3 Å². The van der Waals surface area contributed by atoms with E-state index in [2.05, 4.69) is 17.1 Å². The normalized spacial score (nSPS) is 19.2. The van der Waals surface area contributed by atoms with E-state index in [1.165, 1.54) is 0 Å². The number of hydrogen-bond donors (Lipinski definition) is 1. The Hall–Kier alpha value is -1.79. The number of ether oxygens (including phenoxy) is 3. The molecule has 2 heterocycles. The van der Waals surface area contributed by atoms with Crippen molar-refractivity contribution in [2.45, 2.75) is 38.6 Å². The van der Waals surface area contributed by atoms with Gasteiger partial charge in [0.1, 0.15) is 13.2 Å². The van der Waals surface area contributed by atoms with Gasteiger partial charge in [-0.25, -0.2) is 0 Å². The summed E-state index contributed by atoms with van der Waals surface area (Å²) in [6.45, 7) is 6.30. The van der Waals surface area contributed by atoms with E-state index in [9.17, 15) is 4.79 Å². The van der Waals surface area contributed by atoms with Crippen LogP contribution in [0.15, 0.2) is 18.2 Å². The number of amides is 1. The first-order valence-corrected chi connectivity index (χ1v) is 9.58. The second kappa shape index (κ2) is 9.24. The number of anilines is 1. The number of rotatable bonds is 7. The van der Waals surface area contributed by atoms with Crippen molar-refractivity contribution in [1.82, 2.24) is 4.90 Å². The Morgan fingerprint density at radius 2 is 2.00 bits per heavy atom. The lowest BCUT2D eigenvalue weighted by Gasteiger charge is -2.35. The molecule has 6 heteroatoms. The fourth-order valence-electron chi connectivity index (χ4n) is 3.71. The Kier molecular flexibility index (Phi) is 6.74. The third-order valence-electron chi connectivity index (χ3n) is 5.29. The van der Waals surface area contributed by atoms with E-state index >= 15 is 0 Å². The van der Waals surface area contributed by atoms with Gasteiger partial charge in [0.15, 0.2) is 11.5 Å². The molecule has 1 atom stereocenters. The zero-order chi connectivity index (χ0) is 18.4. The van der Waals surface area contributed by atoms with Gasteiger partial charge in [0.25, 0.3) is 0 Å². The fraction of sp³-hybridized carbons (Fsp3) is 0.650. The zero-order valence-electron chi connectivity index (χ0n) is 15.8. The summed E-state index contributed by atoms with van der Waals surface area (Å²) in [7, 11) is 1.75. The molecule has 3 rings (SSSR count). The van der Waals surface area contributed by atoms with Crippen LogP contribution in [0.5, 0.6) is 11.5 Å². The van der Waals surface area contributed by atoms with Gasteiger partial charge in [-0.05, 0) is 57.3 Å². The molecule has 2 aliphatic rings. The first-order valence-electron chi connectivity index (χ1n) is 9.58. The van der Waals surface area contributed by atoms with Gasteiger partial charge >= 0.3 is 0 Å². The summed E-state index contributed by atoms with van der Waals surface area (Å²) in [5, 5.41) is 2.97. The van der Waals surface area contributed by atoms with Crippen molar-refractivity contribution in [1.29, 1.82) is 0 Å². The SMILES string of the molecule is COCC(C)N1CCC(CCC(=O)Nc2ccc3c(c2)OCCO3)CC1. The largest absolute Gasteiger partial charge is 0.486 e. The van der Waals surface area contributed by atoms with E-state index in [4.69, 9.17) is 14.2 Å². The standard InChI is InChI=1S/C20H30N2O4/c1-15(14-24-2)22-9-7-16(8-10-22)3-6-20(23)21-17-4-5-18-19(13-17)26-12-11-25-18/h4-5,13,15-16H,3,6-12,14H2,1-2H3,(H,21,23). The Bertz CT molecular complexity index is 599. The average molecular weight is 362 g/mol. The highest BCUT2D eigenvalue weighted by Crippen LogP contribution is 2.32. The number of benzene rings is 1. The van der Waals surface area contributed by atoms with Crippen LogP contribution in [0.2, 0.25) is 0 Å². The minimum atomic E-state index is 0.0665. The third-order valence-corrected chi connectivity index (χ3v) is 5.29. The maximum Gasteiger partial charge on any atom is 0.224 e. The van der Waals surface area contributed by atoms with E-state index in [-0.39, 0.29) is 5.91 Å². The predicted octanol–water partition coefficient (Wildman–Crippen LogP) is 2.92. The Labute approximate surface area is 155 Å². The molecule has 0 aromatic heterocycles. The second-order valence-corrected chi connectivity index (χ2v) is 7.23. The van der Waals surface area contributed by atoms with E-state index in [1.807, 2.05) is 18.2 Å². The third kappa shape index (κ3) is 5.11. The number of carbonyl (C=O) groups is 1. The number of nitrogens with one attached hydrogen (secondary N) is 1. The number of fused-ring (bicyclic) bond motifs is 1. The molecule has 1 aromatic carbocycles. The van der Waals surface area contributed by atoms with Crippen LogP contribution in [0.3, 0.4) is 0 Å². The van der Waals surface area contributed by atoms with Gasteiger partial charge in [-0.1, -0.05) is 0 Å². The summed E-state index contributed by atoms with van der Waals surface area (Å²) >= 11 is 0. The van der Waals surface area contributed by atoms with Gasteiger partial charge in [0.05, 0.1) is 6.61 Å². The summed E-state index contributed by atoms with van der Waals surface area (Å²) in [6.07, 6.45) is 3.83. The highest BCUT2D eigenvalue weighted by atomic mass is 16.6. The van der Waals surface area contributed by atoms with Crippen molar-refractivity contribution in [3.8, 4) is 11.5 Å². The molecule has 1 fully saturated rings. The summed E-state index contributed by atoms with van der Waals surface area (Å²) in [4.78, 5) is 14.8. The topological polar surface area (TPSA) is 60.0 Å². The lowest BCUT2D eigenvalue weighted by molar-refractivity contribution is -0.116. The quantitative estimate of drug-likeness (QED) is 0.808. The smallest absolute Gasteiger partial charge is 0.224 e. The molecule has 0 bridgehead atoms. The number of methoxy groups -OCH3 is 1. The molecule has 1 unspecified atom stereocenters. The van der Waals surface area contributed by atoms with E-state index in [1.54, 1.807) is 7.11 Å². The molecule has 0 aliphatic carbocycles. The number of likely N-dealkylation sites (tertiary alicyclic amines) is 1. The predicted molar refractivity (Wildman–Crippen MR) is 101 cm³/mol. The number of piperidine rings is 1. The molecular formula is C20H30N2O4. The van der Waals surface area contributed by atoms with Crippen molar-refractivity contribution < 1.29 is 19.0 Å². The van der Waals surface area contributed by atoms with Crippen molar-refractivity contribution >= 4 is 11.6 Å². The first kappa shape index (κ1) is 19.0. The molecule has 144 valence electrons. The van der Waals surface area contributed by atoms with Crippen LogP contribution in [-0.4, -0.2) is 56.9 Å². The van der Waals surface area contributed by atoms with Crippen LogP contribution < -0.4 is 14.8 Å². The van der Waals surface area contributed by atoms with Gasteiger partial charge < -0.3 is 19.5 Å². The highest BCUT2D eigenvalue weighted by molar-refractivity contribution is 5.91.